The zero-order valence-corrected chi connectivity index (χ0v) is 10.5. The van der Waals surface area contributed by atoms with Crippen LogP contribution in [0.4, 0.5) is 16.2 Å². The van der Waals surface area contributed by atoms with E-state index < -0.39 is 5.82 Å². The van der Waals surface area contributed by atoms with Gasteiger partial charge >= 0.3 is 0 Å². The van der Waals surface area contributed by atoms with Crippen molar-refractivity contribution < 1.29 is 4.39 Å². The van der Waals surface area contributed by atoms with Crippen molar-refractivity contribution in [2.75, 3.05) is 30.9 Å². The van der Waals surface area contributed by atoms with Gasteiger partial charge in [0.25, 0.3) is 0 Å². The Labute approximate surface area is 106 Å². The molecule has 1 aromatic heterocycles. The number of nitrogen functional groups attached to an aromatic ring is 1. The third kappa shape index (κ3) is 3.05. The fraction of sp³-hybridized carbons (Fsp3) is 0.636. The normalized spacial score (nSPS) is 20.7. The first kappa shape index (κ1) is 13.0. The Morgan fingerprint density at radius 3 is 3.11 bits per heavy atom. The minimum absolute atomic E-state index is 0.192. The van der Waals surface area contributed by atoms with Gasteiger partial charge in [0.15, 0.2) is 11.6 Å². The molecule has 1 atom stereocenters. The average molecular weight is 254 g/mol. The monoisotopic (exact) mass is 254 g/mol. The minimum Gasteiger partial charge on any atom is -0.366 e. The SMILES string of the molecule is CN1CCCCC1CNc1nc(NN)ncc1F. The maximum atomic E-state index is 13.5. The van der Waals surface area contributed by atoms with Crippen molar-refractivity contribution in [2.24, 2.45) is 5.84 Å². The standard InChI is InChI=1S/C11H19FN6/c1-18-5-3-2-4-8(18)6-14-10-9(12)7-15-11(16-10)17-13/h7-8H,2-6,13H2,1H3,(H2,14,15,16,17). The molecule has 1 saturated heterocycles. The van der Waals surface area contributed by atoms with Gasteiger partial charge in [0.1, 0.15) is 0 Å². The number of anilines is 2. The minimum atomic E-state index is -0.465. The lowest BCUT2D eigenvalue weighted by Crippen LogP contribution is -2.41. The number of nitrogens with two attached hydrogens (primary N) is 1. The van der Waals surface area contributed by atoms with Crippen LogP contribution >= 0.6 is 0 Å². The van der Waals surface area contributed by atoms with E-state index in [1.165, 1.54) is 12.8 Å². The first-order valence-electron chi connectivity index (χ1n) is 6.14. The van der Waals surface area contributed by atoms with Crippen LogP contribution in [0.25, 0.3) is 0 Å². The number of nitrogens with zero attached hydrogens (tertiary/aromatic N) is 3. The van der Waals surface area contributed by atoms with Gasteiger partial charge in [-0.05, 0) is 26.4 Å². The third-order valence-corrected chi connectivity index (χ3v) is 3.30. The Hall–Kier alpha value is -1.47. The molecule has 6 nitrogen and oxygen atoms in total. The summed E-state index contributed by atoms with van der Waals surface area (Å²) in [6.45, 7) is 1.77. The highest BCUT2D eigenvalue weighted by Crippen LogP contribution is 2.17. The second-order valence-corrected chi connectivity index (χ2v) is 4.55. The van der Waals surface area contributed by atoms with Crippen molar-refractivity contribution in [2.45, 2.75) is 25.3 Å². The van der Waals surface area contributed by atoms with E-state index in [4.69, 9.17) is 5.84 Å². The smallest absolute Gasteiger partial charge is 0.239 e. The Bertz CT molecular complexity index is 399. The van der Waals surface area contributed by atoms with Crippen molar-refractivity contribution in [3.05, 3.63) is 12.0 Å². The molecule has 2 rings (SSSR count). The molecule has 18 heavy (non-hydrogen) atoms. The zero-order valence-electron chi connectivity index (χ0n) is 10.5. The molecule has 0 saturated carbocycles. The van der Waals surface area contributed by atoms with Gasteiger partial charge in [-0.1, -0.05) is 6.42 Å². The summed E-state index contributed by atoms with van der Waals surface area (Å²) in [5.41, 5.74) is 2.30. The van der Waals surface area contributed by atoms with Crippen LogP contribution in [0.5, 0.6) is 0 Å². The van der Waals surface area contributed by atoms with Crippen LogP contribution in [0, 0.1) is 5.82 Å². The summed E-state index contributed by atoms with van der Waals surface area (Å²) in [5, 5.41) is 3.02. The summed E-state index contributed by atoms with van der Waals surface area (Å²) in [4.78, 5) is 9.93. The van der Waals surface area contributed by atoms with E-state index in [1.54, 1.807) is 0 Å². The number of hydrazine groups is 1. The number of likely N-dealkylation sites (tertiary alicyclic amines) is 1. The molecule has 0 radical (unpaired) electrons. The molecular formula is C11H19FN6. The van der Waals surface area contributed by atoms with Gasteiger partial charge in [-0.15, -0.1) is 0 Å². The average Bonchev–Trinajstić information content (AvgIpc) is 2.39. The maximum Gasteiger partial charge on any atom is 0.239 e. The van der Waals surface area contributed by atoms with Crippen LogP contribution in [0.1, 0.15) is 19.3 Å². The second kappa shape index (κ2) is 5.92. The molecular weight excluding hydrogens is 235 g/mol. The van der Waals surface area contributed by atoms with Gasteiger partial charge in [-0.25, -0.2) is 15.2 Å². The lowest BCUT2D eigenvalue weighted by Gasteiger charge is -2.32. The Morgan fingerprint density at radius 1 is 1.56 bits per heavy atom. The van der Waals surface area contributed by atoms with Crippen LogP contribution in [0.2, 0.25) is 0 Å². The lowest BCUT2D eigenvalue weighted by atomic mass is 10.0. The molecule has 4 N–H and O–H groups in total. The Balaban J connectivity index is 1.96. The van der Waals surface area contributed by atoms with Crippen molar-refractivity contribution in [1.29, 1.82) is 0 Å². The number of rotatable bonds is 4. The fourth-order valence-corrected chi connectivity index (χ4v) is 2.18. The summed E-state index contributed by atoms with van der Waals surface area (Å²) in [5.74, 6) is 5.13. The van der Waals surface area contributed by atoms with Gasteiger partial charge in [0.2, 0.25) is 5.95 Å². The lowest BCUT2D eigenvalue weighted by molar-refractivity contribution is 0.194. The summed E-state index contributed by atoms with van der Waals surface area (Å²) < 4.78 is 13.5. The van der Waals surface area contributed by atoms with Crippen LogP contribution in [0.3, 0.4) is 0 Å². The first-order valence-corrected chi connectivity index (χ1v) is 6.14. The number of aromatic nitrogens is 2. The molecule has 7 heteroatoms. The summed E-state index contributed by atoms with van der Waals surface area (Å²) in [6.07, 6.45) is 4.68. The maximum absolute atomic E-state index is 13.5. The van der Waals surface area contributed by atoms with E-state index in [0.29, 0.717) is 12.6 Å². The molecule has 0 aromatic carbocycles. The van der Waals surface area contributed by atoms with Gasteiger partial charge < -0.3 is 10.2 Å². The molecule has 1 aliphatic rings. The predicted molar refractivity (Wildman–Crippen MR) is 68.6 cm³/mol. The largest absolute Gasteiger partial charge is 0.366 e. The molecule has 100 valence electrons. The number of halogens is 1. The van der Waals surface area contributed by atoms with Crippen LogP contribution < -0.4 is 16.6 Å². The van der Waals surface area contributed by atoms with Gasteiger partial charge in [0.05, 0.1) is 6.20 Å². The second-order valence-electron chi connectivity index (χ2n) is 4.55. The van der Waals surface area contributed by atoms with Crippen molar-refractivity contribution in [1.82, 2.24) is 14.9 Å². The number of nitrogens with one attached hydrogen (secondary N) is 2. The van der Waals surface area contributed by atoms with E-state index in [2.05, 4.69) is 32.7 Å². The topological polar surface area (TPSA) is 79.1 Å². The Morgan fingerprint density at radius 2 is 2.39 bits per heavy atom. The van der Waals surface area contributed by atoms with Gasteiger partial charge in [0, 0.05) is 12.6 Å². The summed E-state index contributed by atoms with van der Waals surface area (Å²) in [6, 6.07) is 0.419. The molecule has 1 unspecified atom stereocenters. The van der Waals surface area contributed by atoms with Gasteiger partial charge in [-0.2, -0.15) is 4.98 Å². The van der Waals surface area contributed by atoms with E-state index >= 15 is 0 Å². The van der Waals surface area contributed by atoms with E-state index in [1.807, 2.05) is 0 Å². The molecule has 0 bridgehead atoms. The highest BCUT2D eigenvalue weighted by molar-refractivity contribution is 5.40. The van der Waals surface area contributed by atoms with E-state index in [9.17, 15) is 4.39 Å². The third-order valence-electron chi connectivity index (χ3n) is 3.30. The van der Waals surface area contributed by atoms with Gasteiger partial charge in [-0.3, -0.25) is 5.43 Å². The predicted octanol–water partition coefficient (Wildman–Crippen LogP) is 0.797. The molecule has 0 spiro atoms. The fourth-order valence-electron chi connectivity index (χ4n) is 2.18. The number of hydrogen-bond donors (Lipinski definition) is 3. The zero-order chi connectivity index (χ0) is 13.0. The van der Waals surface area contributed by atoms with Crippen LogP contribution in [-0.4, -0.2) is 41.0 Å². The highest BCUT2D eigenvalue weighted by atomic mass is 19.1. The summed E-state index contributed by atoms with van der Waals surface area (Å²) >= 11 is 0. The van der Waals surface area contributed by atoms with Crippen molar-refractivity contribution in [3.63, 3.8) is 0 Å². The molecule has 1 fully saturated rings. The molecule has 0 amide bonds. The highest BCUT2D eigenvalue weighted by Gasteiger charge is 2.19. The van der Waals surface area contributed by atoms with Crippen molar-refractivity contribution in [3.8, 4) is 0 Å². The quantitative estimate of drug-likeness (QED) is 0.545. The molecule has 2 heterocycles. The van der Waals surface area contributed by atoms with E-state index in [-0.39, 0.29) is 11.8 Å². The number of piperidine rings is 1. The number of likely N-dealkylation sites (N-methyl/N-ethyl adjacent to an activating group) is 1. The first-order chi connectivity index (χ1) is 8.70. The van der Waals surface area contributed by atoms with Crippen molar-refractivity contribution >= 4 is 11.8 Å². The Kier molecular flexibility index (Phi) is 4.27. The van der Waals surface area contributed by atoms with E-state index in [0.717, 1.165) is 19.2 Å². The summed E-state index contributed by atoms with van der Waals surface area (Å²) in [7, 11) is 2.09. The molecule has 1 aromatic rings. The molecule has 1 aliphatic heterocycles. The van der Waals surface area contributed by atoms with Crippen LogP contribution in [0.15, 0.2) is 6.20 Å². The number of hydrogen-bond acceptors (Lipinski definition) is 6. The molecule has 0 aliphatic carbocycles. The van der Waals surface area contributed by atoms with Crippen LogP contribution in [-0.2, 0) is 0 Å².